The van der Waals surface area contributed by atoms with Crippen LogP contribution in [0.4, 0.5) is 5.13 Å². The van der Waals surface area contributed by atoms with E-state index < -0.39 is 5.97 Å². The smallest absolute Gasteiger partial charge is 0.352 e. The summed E-state index contributed by atoms with van der Waals surface area (Å²) in [5.41, 5.74) is 4.36. The molecule has 1 aromatic carbocycles. The van der Waals surface area contributed by atoms with Crippen molar-refractivity contribution in [3.63, 3.8) is 0 Å². The molecule has 2 aromatic rings. The molecular formula is C21H29N3O2S. The van der Waals surface area contributed by atoms with Gasteiger partial charge in [0.05, 0.1) is 10.2 Å². The number of anilines is 1. The first-order chi connectivity index (χ1) is 13.1. The Balaban J connectivity index is 0.00000158. The van der Waals surface area contributed by atoms with Crippen LogP contribution in [0.1, 0.15) is 41.0 Å². The van der Waals surface area contributed by atoms with E-state index in [2.05, 4.69) is 22.1 Å². The summed E-state index contributed by atoms with van der Waals surface area (Å²) in [6.07, 6.45) is 7.30. The van der Waals surface area contributed by atoms with E-state index in [-0.39, 0.29) is 12.1 Å². The number of carboxylic acid groups (broad SMARTS) is 1. The standard InChI is InChI=1S/C17H17N3O2S.2C2H6/c1-3-5-8-12(4-2)11-14(16(21)22)19-20-17-18-13-9-6-7-10-15(13)23-17;2*1-2/h3-10H,2,11H2,1H3,(H,18,20)(H,21,22);2*1-2H3/b5-3-,12-8+,19-14+;;. The molecule has 0 bridgehead atoms. The van der Waals surface area contributed by atoms with Crippen LogP contribution in [-0.2, 0) is 4.79 Å². The van der Waals surface area contributed by atoms with Gasteiger partial charge in [-0.3, -0.25) is 5.43 Å². The van der Waals surface area contributed by atoms with Gasteiger partial charge < -0.3 is 5.11 Å². The maximum absolute atomic E-state index is 11.4. The summed E-state index contributed by atoms with van der Waals surface area (Å²) in [7, 11) is 0. The highest BCUT2D eigenvalue weighted by Crippen LogP contribution is 2.25. The molecule has 0 saturated heterocycles. The highest BCUT2D eigenvalue weighted by Gasteiger charge is 2.11. The highest BCUT2D eigenvalue weighted by atomic mass is 32.1. The van der Waals surface area contributed by atoms with Crippen molar-refractivity contribution < 1.29 is 9.90 Å². The number of para-hydroxylation sites is 1. The Morgan fingerprint density at radius 2 is 1.96 bits per heavy atom. The van der Waals surface area contributed by atoms with E-state index in [1.54, 1.807) is 6.08 Å². The number of hydrogen-bond donors (Lipinski definition) is 2. The minimum atomic E-state index is -1.08. The number of hydrogen-bond acceptors (Lipinski definition) is 5. The van der Waals surface area contributed by atoms with Crippen molar-refractivity contribution in [2.45, 2.75) is 41.0 Å². The number of rotatable bonds is 7. The maximum atomic E-state index is 11.4. The molecule has 0 aliphatic rings. The molecule has 27 heavy (non-hydrogen) atoms. The number of benzene rings is 1. The van der Waals surface area contributed by atoms with Crippen LogP contribution < -0.4 is 5.43 Å². The summed E-state index contributed by atoms with van der Waals surface area (Å²) in [6.45, 7) is 13.6. The molecule has 1 aromatic heterocycles. The molecule has 0 spiro atoms. The number of hydrazone groups is 1. The number of carboxylic acids is 1. The van der Waals surface area contributed by atoms with Gasteiger partial charge in [0.2, 0.25) is 5.13 Å². The van der Waals surface area contributed by atoms with Gasteiger partial charge in [0.15, 0.2) is 0 Å². The third-order valence-electron chi connectivity index (χ3n) is 2.96. The second-order valence-electron chi connectivity index (χ2n) is 4.61. The van der Waals surface area contributed by atoms with Gasteiger partial charge in [0, 0.05) is 6.42 Å². The van der Waals surface area contributed by atoms with Crippen molar-refractivity contribution in [3.05, 3.63) is 60.7 Å². The van der Waals surface area contributed by atoms with E-state index in [0.29, 0.717) is 5.13 Å². The molecule has 0 amide bonds. The van der Waals surface area contributed by atoms with Gasteiger partial charge in [-0.1, -0.05) is 82.0 Å². The monoisotopic (exact) mass is 387 g/mol. The molecule has 6 heteroatoms. The van der Waals surface area contributed by atoms with Crippen LogP contribution in [0, 0.1) is 0 Å². The van der Waals surface area contributed by atoms with Crippen molar-refractivity contribution in [2.24, 2.45) is 5.10 Å². The second kappa shape index (κ2) is 14.4. The molecule has 1 heterocycles. The number of allylic oxidation sites excluding steroid dienone is 5. The van der Waals surface area contributed by atoms with Crippen LogP contribution in [0.15, 0.2) is 65.8 Å². The van der Waals surface area contributed by atoms with Crippen molar-refractivity contribution in [1.29, 1.82) is 0 Å². The molecule has 0 saturated carbocycles. The van der Waals surface area contributed by atoms with Crippen LogP contribution in [0.25, 0.3) is 10.2 Å². The molecule has 0 aliphatic heterocycles. The predicted molar refractivity (Wildman–Crippen MR) is 119 cm³/mol. The molecule has 0 aliphatic carbocycles. The topological polar surface area (TPSA) is 74.6 Å². The van der Waals surface area contributed by atoms with Crippen LogP contribution in [0.3, 0.4) is 0 Å². The van der Waals surface area contributed by atoms with Gasteiger partial charge in [-0.15, -0.1) is 0 Å². The van der Waals surface area contributed by atoms with Crippen molar-refractivity contribution in [2.75, 3.05) is 5.43 Å². The number of nitrogens with zero attached hydrogens (tertiary/aromatic N) is 2. The first-order valence-electron chi connectivity index (χ1n) is 8.99. The Labute approximate surface area is 165 Å². The largest absolute Gasteiger partial charge is 0.477 e. The zero-order chi connectivity index (χ0) is 20.7. The van der Waals surface area contributed by atoms with Crippen LogP contribution in [0.2, 0.25) is 0 Å². The van der Waals surface area contributed by atoms with Crippen molar-refractivity contribution >= 4 is 38.4 Å². The summed E-state index contributed by atoms with van der Waals surface area (Å²) in [4.78, 5) is 15.7. The Morgan fingerprint density at radius 1 is 1.30 bits per heavy atom. The summed E-state index contributed by atoms with van der Waals surface area (Å²) >= 11 is 1.42. The fraction of sp³-hybridized carbons (Fsp3) is 0.286. The molecule has 0 fully saturated rings. The lowest BCUT2D eigenvalue weighted by Crippen LogP contribution is -2.15. The van der Waals surface area contributed by atoms with Crippen LogP contribution in [0.5, 0.6) is 0 Å². The number of thiazole rings is 1. The second-order valence-corrected chi connectivity index (χ2v) is 5.64. The van der Waals surface area contributed by atoms with Gasteiger partial charge in [0.1, 0.15) is 5.71 Å². The lowest BCUT2D eigenvalue weighted by Gasteiger charge is -2.02. The predicted octanol–water partition coefficient (Wildman–Crippen LogP) is 6.28. The molecule has 146 valence electrons. The minimum Gasteiger partial charge on any atom is -0.477 e. The highest BCUT2D eigenvalue weighted by molar-refractivity contribution is 7.22. The Morgan fingerprint density at radius 3 is 2.52 bits per heavy atom. The molecular weight excluding hydrogens is 358 g/mol. The van der Waals surface area contributed by atoms with Gasteiger partial charge in [-0.25, -0.2) is 9.78 Å². The minimum absolute atomic E-state index is 0.0000841. The zero-order valence-corrected chi connectivity index (χ0v) is 17.5. The fourth-order valence-electron chi connectivity index (χ4n) is 1.81. The van der Waals surface area contributed by atoms with Crippen molar-refractivity contribution in [1.82, 2.24) is 4.98 Å². The average molecular weight is 388 g/mol. The van der Waals surface area contributed by atoms with E-state index in [1.165, 1.54) is 11.3 Å². The first-order valence-corrected chi connectivity index (χ1v) is 9.81. The Hall–Kier alpha value is -2.73. The number of nitrogens with one attached hydrogen (secondary N) is 1. The molecule has 2 N–H and O–H groups in total. The number of carbonyl (C=O) groups is 1. The fourth-order valence-corrected chi connectivity index (χ4v) is 2.62. The summed E-state index contributed by atoms with van der Waals surface area (Å²) < 4.78 is 1.02. The number of fused-ring (bicyclic) bond motifs is 1. The number of aromatic nitrogens is 1. The van der Waals surface area contributed by atoms with E-state index in [9.17, 15) is 9.90 Å². The van der Waals surface area contributed by atoms with E-state index in [0.717, 1.165) is 15.8 Å². The van der Waals surface area contributed by atoms with Gasteiger partial charge in [0.25, 0.3) is 0 Å². The van der Waals surface area contributed by atoms with Crippen LogP contribution in [-0.4, -0.2) is 21.8 Å². The molecule has 2 rings (SSSR count). The lowest BCUT2D eigenvalue weighted by molar-refractivity contribution is -0.129. The number of aliphatic carboxylic acids is 1. The maximum Gasteiger partial charge on any atom is 0.352 e. The SMILES string of the molecule is C=C/C(=C\C=C/C)C/C(=N\Nc1nc2ccccc2s1)C(=O)O.CC.CC. The third kappa shape index (κ3) is 8.46. The molecule has 0 unspecified atom stereocenters. The lowest BCUT2D eigenvalue weighted by atomic mass is 10.1. The van der Waals surface area contributed by atoms with Gasteiger partial charge >= 0.3 is 5.97 Å². The van der Waals surface area contributed by atoms with E-state index in [1.807, 2.05) is 77.1 Å². The van der Waals surface area contributed by atoms with Gasteiger partial charge in [-0.2, -0.15) is 5.10 Å². The molecule has 0 atom stereocenters. The first kappa shape index (κ1) is 24.3. The Kier molecular flexibility index (Phi) is 13.0. The Bertz CT molecular complexity index is 772. The summed E-state index contributed by atoms with van der Waals surface area (Å²) in [6, 6.07) is 7.68. The molecule has 0 radical (unpaired) electrons. The summed E-state index contributed by atoms with van der Waals surface area (Å²) in [5, 5.41) is 13.8. The van der Waals surface area contributed by atoms with Crippen LogP contribution >= 0.6 is 11.3 Å². The third-order valence-corrected chi connectivity index (χ3v) is 3.90. The molecule has 5 nitrogen and oxygen atoms in total. The normalized spacial score (nSPS) is 11.3. The van der Waals surface area contributed by atoms with Crippen molar-refractivity contribution in [3.8, 4) is 0 Å². The summed E-state index contributed by atoms with van der Waals surface area (Å²) in [5.74, 6) is -1.08. The van der Waals surface area contributed by atoms with E-state index >= 15 is 0 Å². The van der Waals surface area contributed by atoms with Gasteiger partial charge in [-0.05, 0) is 24.6 Å². The van der Waals surface area contributed by atoms with E-state index in [4.69, 9.17) is 0 Å². The quantitative estimate of drug-likeness (QED) is 0.333. The zero-order valence-electron chi connectivity index (χ0n) is 16.7. The average Bonchev–Trinajstić information content (AvgIpc) is 3.13.